The molecule has 0 aliphatic carbocycles. The van der Waals surface area contributed by atoms with E-state index in [0.29, 0.717) is 27.0 Å². The minimum Gasteiger partial charge on any atom is -0.319 e. The van der Waals surface area contributed by atoms with Crippen LogP contribution >= 0.6 is 23.2 Å². The number of carbonyl (C=O) groups excluding carboxylic acids is 1. The molecule has 8 heteroatoms. The molecule has 0 spiro atoms. The van der Waals surface area contributed by atoms with E-state index in [4.69, 9.17) is 23.2 Å². The number of nitrogens with one attached hydrogen (secondary N) is 2. The van der Waals surface area contributed by atoms with E-state index in [2.05, 4.69) is 10.0 Å². The van der Waals surface area contributed by atoms with Gasteiger partial charge in [0.1, 0.15) is 0 Å². The average molecular weight is 449 g/mol. The van der Waals surface area contributed by atoms with Gasteiger partial charge in [0, 0.05) is 5.56 Å². The highest BCUT2D eigenvalue weighted by molar-refractivity contribution is 7.92. The lowest BCUT2D eigenvalue weighted by molar-refractivity contribution is 0.102. The van der Waals surface area contributed by atoms with Gasteiger partial charge < -0.3 is 5.32 Å². The first kappa shape index (κ1) is 21.2. The summed E-state index contributed by atoms with van der Waals surface area (Å²) >= 11 is 12.2. The van der Waals surface area contributed by atoms with E-state index in [-0.39, 0.29) is 10.5 Å². The third-order valence-electron chi connectivity index (χ3n) is 4.28. The van der Waals surface area contributed by atoms with E-state index in [1.807, 2.05) is 6.92 Å². The molecular weight excluding hydrogens is 431 g/mol. The number of sulfonamides is 1. The zero-order valence-corrected chi connectivity index (χ0v) is 18.0. The molecule has 29 heavy (non-hydrogen) atoms. The Bertz CT molecular complexity index is 1160. The Morgan fingerprint density at radius 1 is 0.897 bits per heavy atom. The maximum atomic E-state index is 12.7. The molecule has 150 valence electrons. The van der Waals surface area contributed by atoms with Crippen LogP contribution in [-0.4, -0.2) is 14.3 Å². The third kappa shape index (κ3) is 4.90. The molecule has 0 bridgehead atoms. The minimum atomic E-state index is -3.79. The number of carbonyl (C=O) groups is 1. The maximum absolute atomic E-state index is 12.7. The number of rotatable bonds is 5. The van der Waals surface area contributed by atoms with E-state index in [1.54, 1.807) is 49.4 Å². The van der Waals surface area contributed by atoms with Crippen molar-refractivity contribution in [2.45, 2.75) is 18.7 Å². The van der Waals surface area contributed by atoms with Crippen LogP contribution in [0.2, 0.25) is 10.0 Å². The van der Waals surface area contributed by atoms with E-state index in [9.17, 15) is 13.2 Å². The smallest absolute Gasteiger partial charge is 0.261 e. The van der Waals surface area contributed by atoms with Crippen molar-refractivity contribution < 1.29 is 13.2 Å². The second-order valence-corrected chi connectivity index (χ2v) is 9.00. The molecule has 0 aliphatic heterocycles. The zero-order valence-electron chi connectivity index (χ0n) is 15.7. The lowest BCUT2D eigenvalue weighted by atomic mass is 10.1. The summed E-state index contributed by atoms with van der Waals surface area (Å²) in [5, 5.41) is 3.27. The van der Waals surface area contributed by atoms with Gasteiger partial charge in [-0.2, -0.15) is 0 Å². The van der Waals surface area contributed by atoms with Crippen LogP contribution in [0.5, 0.6) is 0 Å². The molecule has 1 amide bonds. The molecule has 5 nitrogen and oxygen atoms in total. The summed E-state index contributed by atoms with van der Waals surface area (Å²) in [6, 6.07) is 16.1. The van der Waals surface area contributed by atoms with Gasteiger partial charge in [-0.05, 0) is 55.8 Å². The van der Waals surface area contributed by atoms with Crippen LogP contribution in [0.3, 0.4) is 0 Å². The summed E-state index contributed by atoms with van der Waals surface area (Å²) in [6.45, 7) is 3.63. The van der Waals surface area contributed by atoms with Crippen LogP contribution in [0.4, 0.5) is 11.4 Å². The van der Waals surface area contributed by atoms with Crippen molar-refractivity contribution >= 4 is 50.5 Å². The standard InChI is InChI=1S/C21H18Cl2N2O3S/c1-13-6-10-16(11-7-13)29(27,28)25-19-12-15(9-8-14(19)2)21(26)24-20-17(22)4-3-5-18(20)23/h3-12,25H,1-2H3,(H,24,26). The van der Waals surface area contributed by atoms with E-state index >= 15 is 0 Å². The van der Waals surface area contributed by atoms with Crippen LogP contribution in [0.1, 0.15) is 21.5 Å². The number of benzene rings is 3. The molecule has 0 heterocycles. The first-order valence-electron chi connectivity index (χ1n) is 8.63. The van der Waals surface area contributed by atoms with Crippen molar-refractivity contribution in [2.24, 2.45) is 0 Å². The summed E-state index contributed by atoms with van der Waals surface area (Å²) in [5.74, 6) is -0.462. The number of hydrogen-bond acceptors (Lipinski definition) is 3. The van der Waals surface area contributed by atoms with Gasteiger partial charge in [0.25, 0.3) is 15.9 Å². The topological polar surface area (TPSA) is 75.3 Å². The summed E-state index contributed by atoms with van der Waals surface area (Å²) in [6.07, 6.45) is 0. The molecule has 0 saturated carbocycles. The van der Waals surface area contributed by atoms with Crippen molar-refractivity contribution in [3.63, 3.8) is 0 Å². The fourth-order valence-corrected chi connectivity index (χ4v) is 4.21. The number of amides is 1. The molecule has 3 aromatic carbocycles. The molecule has 0 aliphatic rings. The second kappa shape index (κ2) is 8.45. The van der Waals surface area contributed by atoms with Crippen molar-refractivity contribution in [1.29, 1.82) is 0 Å². The Hall–Kier alpha value is -2.54. The number of anilines is 2. The minimum absolute atomic E-state index is 0.139. The monoisotopic (exact) mass is 448 g/mol. The van der Waals surface area contributed by atoms with Gasteiger partial charge in [-0.15, -0.1) is 0 Å². The van der Waals surface area contributed by atoms with E-state index in [0.717, 1.165) is 5.56 Å². The highest BCUT2D eigenvalue weighted by atomic mass is 35.5. The first-order valence-corrected chi connectivity index (χ1v) is 10.9. The molecule has 3 rings (SSSR count). The average Bonchev–Trinajstić information content (AvgIpc) is 2.66. The molecule has 0 saturated heterocycles. The third-order valence-corrected chi connectivity index (χ3v) is 6.29. The fraction of sp³-hybridized carbons (Fsp3) is 0.0952. The summed E-state index contributed by atoms with van der Waals surface area (Å²) < 4.78 is 27.9. The van der Waals surface area contributed by atoms with E-state index < -0.39 is 15.9 Å². The first-order chi connectivity index (χ1) is 13.7. The molecule has 0 unspecified atom stereocenters. The van der Waals surface area contributed by atoms with Gasteiger partial charge in [0.15, 0.2) is 0 Å². The van der Waals surface area contributed by atoms with Crippen molar-refractivity contribution in [1.82, 2.24) is 0 Å². The largest absolute Gasteiger partial charge is 0.319 e. The van der Waals surface area contributed by atoms with Crippen LogP contribution in [0, 0.1) is 13.8 Å². The Kier molecular flexibility index (Phi) is 6.17. The van der Waals surface area contributed by atoms with Crippen LogP contribution < -0.4 is 10.0 Å². The highest BCUT2D eigenvalue weighted by Gasteiger charge is 2.17. The SMILES string of the molecule is Cc1ccc(S(=O)(=O)Nc2cc(C(=O)Nc3c(Cl)cccc3Cl)ccc2C)cc1. The van der Waals surface area contributed by atoms with Gasteiger partial charge in [0.2, 0.25) is 0 Å². The zero-order chi connectivity index (χ0) is 21.2. The normalized spacial score (nSPS) is 11.2. The number of halogens is 2. The maximum Gasteiger partial charge on any atom is 0.261 e. The lowest BCUT2D eigenvalue weighted by Crippen LogP contribution is -2.16. The Balaban J connectivity index is 1.88. The Morgan fingerprint density at radius 3 is 2.14 bits per heavy atom. The predicted molar refractivity (Wildman–Crippen MR) is 118 cm³/mol. The summed E-state index contributed by atoms with van der Waals surface area (Å²) in [4.78, 5) is 12.8. The van der Waals surface area contributed by atoms with Crippen molar-refractivity contribution in [3.8, 4) is 0 Å². The molecule has 0 atom stereocenters. The molecule has 0 radical (unpaired) electrons. The van der Waals surface area contributed by atoms with Gasteiger partial charge in [-0.1, -0.05) is 53.0 Å². The molecule has 0 fully saturated rings. The quantitative estimate of drug-likeness (QED) is 0.528. The van der Waals surface area contributed by atoms with Crippen LogP contribution in [0.15, 0.2) is 65.6 Å². The van der Waals surface area contributed by atoms with Crippen LogP contribution in [-0.2, 0) is 10.0 Å². The lowest BCUT2D eigenvalue weighted by Gasteiger charge is -2.13. The van der Waals surface area contributed by atoms with E-state index in [1.165, 1.54) is 18.2 Å². The van der Waals surface area contributed by atoms with Gasteiger partial charge in [0.05, 0.1) is 26.3 Å². The van der Waals surface area contributed by atoms with Crippen molar-refractivity contribution in [2.75, 3.05) is 10.0 Å². The second-order valence-electron chi connectivity index (χ2n) is 6.50. The number of para-hydroxylation sites is 1. The highest BCUT2D eigenvalue weighted by Crippen LogP contribution is 2.30. The van der Waals surface area contributed by atoms with Gasteiger partial charge >= 0.3 is 0 Å². The van der Waals surface area contributed by atoms with Crippen molar-refractivity contribution in [3.05, 3.63) is 87.4 Å². The molecule has 2 N–H and O–H groups in total. The fourth-order valence-electron chi connectivity index (χ4n) is 2.60. The van der Waals surface area contributed by atoms with Crippen LogP contribution in [0.25, 0.3) is 0 Å². The summed E-state index contributed by atoms with van der Waals surface area (Å²) in [7, 11) is -3.79. The van der Waals surface area contributed by atoms with Gasteiger partial charge in [-0.3, -0.25) is 9.52 Å². The molecular formula is C21H18Cl2N2O3S. The Labute approximate surface area is 179 Å². The predicted octanol–water partition coefficient (Wildman–Crippen LogP) is 5.66. The number of hydrogen-bond donors (Lipinski definition) is 2. The molecule has 3 aromatic rings. The van der Waals surface area contributed by atoms with Gasteiger partial charge in [-0.25, -0.2) is 8.42 Å². The Morgan fingerprint density at radius 2 is 1.52 bits per heavy atom. The summed E-state index contributed by atoms with van der Waals surface area (Å²) in [5.41, 5.74) is 2.49. The molecule has 0 aromatic heterocycles. The number of aryl methyl sites for hydroxylation is 2.